The monoisotopic (exact) mass is 728 g/mol. The molecule has 0 saturated carbocycles. The lowest BCUT2D eigenvalue weighted by atomic mass is 9.93. The first-order valence-electron chi connectivity index (χ1n) is 15.0. The Labute approximate surface area is 289 Å². The maximum absolute atomic E-state index is 14.2. The molecule has 1 aromatic heterocycles. The number of nitrogens with zero attached hydrogens (tertiary/aromatic N) is 2. The van der Waals surface area contributed by atoms with Crippen LogP contribution in [0.3, 0.4) is 0 Å². The summed E-state index contributed by atoms with van der Waals surface area (Å²) < 4.78 is 20.0. The molecule has 1 atom stereocenters. The molecule has 0 saturated heterocycles. The molecule has 0 fully saturated rings. The summed E-state index contributed by atoms with van der Waals surface area (Å²) in [6.07, 6.45) is 1.82. The van der Waals surface area contributed by atoms with Crippen LogP contribution in [-0.4, -0.2) is 23.8 Å². The van der Waals surface area contributed by atoms with Crippen molar-refractivity contribution in [1.29, 1.82) is 0 Å². The molecule has 0 bridgehead atoms. The molecule has 0 unspecified atom stereocenters. The highest BCUT2D eigenvalue weighted by atomic mass is 79.9. The highest BCUT2D eigenvalue weighted by molar-refractivity contribution is 9.10. The zero-order valence-electron chi connectivity index (χ0n) is 25.6. The number of carbonyl (C=O) groups excluding carboxylic acids is 1. The number of hydrogen-bond donors (Lipinski definition) is 0. The van der Waals surface area contributed by atoms with Gasteiger partial charge in [0, 0.05) is 10.6 Å². The number of carbonyl (C=O) groups is 1. The normalized spacial score (nSPS) is 14.4. The first kappa shape index (κ1) is 32.5. The van der Waals surface area contributed by atoms with E-state index in [0.717, 1.165) is 26.7 Å². The number of rotatable bonds is 10. The van der Waals surface area contributed by atoms with Crippen molar-refractivity contribution in [2.45, 2.75) is 26.5 Å². The fourth-order valence-corrected chi connectivity index (χ4v) is 7.06. The van der Waals surface area contributed by atoms with E-state index in [2.05, 4.69) is 15.9 Å². The molecule has 4 aromatic carbocycles. The van der Waals surface area contributed by atoms with Crippen LogP contribution in [0, 0.1) is 0 Å². The minimum atomic E-state index is -0.771. The summed E-state index contributed by atoms with van der Waals surface area (Å²) in [7, 11) is 0. The lowest BCUT2D eigenvalue weighted by molar-refractivity contribution is -0.138. The second kappa shape index (κ2) is 14.5. The molecule has 5 aromatic rings. The van der Waals surface area contributed by atoms with Gasteiger partial charge in [-0.05, 0) is 88.9 Å². The van der Waals surface area contributed by atoms with Gasteiger partial charge in [-0.15, -0.1) is 0 Å². The van der Waals surface area contributed by atoms with Crippen LogP contribution in [0.2, 0.25) is 5.02 Å². The van der Waals surface area contributed by atoms with Gasteiger partial charge in [-0.1, -0.05) is 83.6 Å². The van der Waals surface area contributed by atoms with Crippen molar-refractivity contribution in [3.63, 3.8) is 0 Å². The van der Waals surface area contributed by atoms with E-state index >= 15 is 0 Å². The minimum absolute atomic E-state index is 0.179. The van der Waals surface area contributed by atoms with E-state index in [1.165, 1.54) is 11.3 Å². The van der Waals surface area contributed by atoms with Crippen molar-refractivity contribution < 1.29 is 19.0 Å². The van der Waals surface area contributed by atoms with Crippen molar-refractivity contribution in [3.05, 3.63) is 154 Å². The summed E-state index contributed by atoms with van der Waals surface area (Å²) in [6.45, 7) is 4.73. The SMILES string of the molecule is CCOC(=O)C1=C(c2ccccc2)N=c2s/c(=C\c3ccc(OCc4cccc(Cl)c4)c(Br)c3)c(=O)n2[C@@H]1c1ccc(OCC)cc1. The van der Waals surface area contributed by atoms with Crippen LogP contribution in [0.4, 0.5) is 0 Å². The number of thiazole rings is 1. The Morgan fingerprint density at radius 1 is 0.957 bits per heavy atom. The third-order valence-electron chi connectivity index (χ3n) is 7.42. The lowest BCUT2D eigenvalue weighted by Gasteiger charge is -2.26. The molecular formula is C37H30BrClN2O5S. The Morgan fingerprint density at radius 2 is 1.74 bits per heavy atom. The topological polar surface area (TPSA) is 79.1 Å². The second-order valence-electron chi connectivity index (χ2n) is 10.5. The fourth-order valence-electron chi connectivity index (χ4n) is 5.33. The lowest BCUT2D eigenvalue weighted by Crippen LogP contribution is -2.40. The molecule has 0 spiro atoms. The fraction of sp³-hybridized carbons (Fsp3) is 0.162. The van der Waals surface area contributed by atoms with Crippen molar-refractivity contribution >= 4 is 56.6 Å². The minimum Gasteiger partial charge on any atom is -0.494 e. The second-order valence-corrected chi connectivity index (χ2v) is 12.8. The first-order chi connectivity index (χ1) is 22.9. The van der Waals surface area contributed by atoms with E-state index in [0.29, 0.717) is 50.3 Å². The largest absolute Gasteiger partial charge is 0.494 e. The molecule has 0 N–H and O–H groups in total. The van der Waals surface area contributed by atoms with Gasteiger partial charge in [0.2, 0.25) is 0 Å². The Kier molecular flexibility index (Phi) is 10.1. The van der Waals surface area contributed by atoms with E-state index in [1.54, 1.807) is 11.5 Å². The van der Waals surface area contributed by atoms with Crippen molar-refractivity contribution in [2.24, 2.45) is 4.99 Å². The van der Waals surface area contributed by atoms with Gasteiger partial charge in [0.25, 0.3) is 5.56 Å². The Bertz CT molecular complexity index is 2140. The predicted molar refractivity (Wildman–Crippen MR) is 189 cm³/mol. The summed E-state index contributed by atoms with van der Waals surface area (Å²) in [4.78, 5) is 33.3. The quantitative estimate of drug-likeness (QED) is 0.141. The van der Waals surface area contributed by atoms with Crippen LogP contribution in [0.25, 0.3) is 11.8 Å². The summed E-state index contributed by atoms with van der Waals surface area (Å²) >= 11 is 11.0. The molecule has 2 heterocycles. The van der Waals surface area contributed by atoms with Crippen LogP contribution in [0.5, 0.6) is 11.5 Å². The number of benzene rings is 4. The van der Waals surface area contributed by atoms with E-state index in [1.807, 2.05) is 110 Å². The van der Waals surface area contributed by atoms with Gasteiger partial charge < -0.3 is 14.2 Å². The molecule has 1 aliphatic rings. The van der Waals surface area contributed by atoms with Crippen LogP contribution >= 0.6 is 38.9 Å². The Morgan fingerprint density at radius 3 is 2.45 bits per heavy atom. The van der Waals surface area contributed by atoms with Crippen LogP contribution in [0.15, 0.2) is 117 Å². The van der Waals surface area contributed by atoms with Crippen LogP contribution < -0.4 is 24.4 Å². The van der Waals surface area contributed by atoms with E-state index in [4.69, 9.17) is 30.8 Å². The van der Waals surface area contributed by atoms with E-state index < -0.39 is 12.0 Å². The smallest absolute Gasteiger partial charge is 0.338 e. The maximum atomic E-state index is 14.2. The van der Waals surface area contributed by atoms with Gasteiger partial charge in [-0.3, -0.25) is 9.36 Å². The highest BCUT2D eigenvalue weighted by Crippen LogP contribution is 2.36. The summed E-state index contributed by atoms with van der Waals surface area (Å²) in [5, 5.41) is 0.650. The molecule has 0 radical (unpaired) electrons. The molecule has 47 heavy (non-hydrogen) atoms. The standard InChI is InChI=1S/C37H30BrClN2O5S/c1-3-44-28-16-14-26(15-17-28)34-32(36(43)45-4-2)33(25-10-6-5-7-11-25)40-37-41(34)35(42)31(47-37)21-23-13-18-30(29(38)20-23)46-22-24-9-8-12-27(39)19-24/h5-21,34H,3-4,22H2,1-2H3/b31-21-/t34-/m1/s1. The molecular weight excluding hydrogens is 700 g/mol. The third kappa shape index (κ3) is 7.12. The van der Waals surface area contributed by atoms with Crippen LogP contribution in [0.1, 0.15) is 42.1 Å². The van der Waals surface area contributed by atoms with Crippen molar-refractivity contribution in [3.8, 4) is 11.5 Å². The van der Waals surface area contributed by atoms with Gasteiger partial charge >= 0.3 is 5.97 Å². The molecule has 6 rings (SSSR count). The highest BCUT2D eigenvalue weighted by Gasteiger charge is 2.35. The predicted octanol–water partition coefficient (Wildman–Crippen LogP) is 7.33. The van der Waals surface area contributed by atoms with Crippen LogP contribution in [-0.2, 0) is 16.1 Å². The number of fused-ring (bicyclic) bond motifs is 1. The molecule has 7 nitrogen and oxygen atoms in total. The first-order valence-corrected chi connectivity index (χ1v) is 17.0. The number of hydrogen-bond acceptors (Lipinski definition) is 7. The zero-order chi connectivity index (χ0) is 32.9. The average molecular weight is 730 g/mol. The summed E-state index contributed by atoms with van der Waals surface area (Å²) in [6, 6.07) is 29.3. The van der Waals surface area contributed by atoms with E-state index in [-0.39, 0.29) is 12.2 Å². The number of halogens is 2. The maximum Gasteiger partial charge on any atom is 0.338 e. The van der Waals surface area contributed by atoms with Gasteiger partial charge in [0.05, 0.1) is 39.5 Å². The molecule has 238 valence electrons. The third-order valence-corrected chi connectivity index (χ3v) is 9.26. The number of ether oxygens (including phenoxy) is 3. The molecule has 10 heteroatoms. The number of esters is 1. The Balaban J connectivity index is 1.45. The van der Waals surface area contributed by atoms with Gasteiger partial charge in [0.15, 0.2) is 4.80 Å². The molecule has 0 amide bonds. The van der Waals surface area contributed by atoms with Gasteiger partial charge in [-0.2, -0.15) is 0 Å². The van der Waals surface area contributed by atoms with Gasteiger partial charge in [0.1, 0.15) is 18.1 Å². The van der Waals surface area contributed by atoms with E-state index in [9.17, 15) is 9.59 Å². The molecule has 1 aliphatic heterocycles. The van der Waals surface area contributed by atoms with Crippen molar-refractivity contribution in [1.82, 2.24) is 4.57 Å². The zero-order valence-corrected chi connectivity index (χ0v) is 28.8. The van der Waals surface area contributed by atoms with Crippen molar-refractivity contribution in [2.75, 3.05) is 13.2 Å². The summed E-state index contributed by atoms with van der Waals surface area (Å²) in [5.74, 6) is 0.824. The average Bonchev–Trinajstić information content (AvgIpc) is 3.38. The number of aromatic nitrogens is 1. The van der Waals surface area contributed by atoms with Gasteiger partial charge in [-0.25, -0.2) is 9.79 Å². The summed E-state index contributed by atoms with van der Waals surface area (Å²) in [5.41, 5.74) is 3.73. The Hall–Kier alpha value is -4.44. The molecule has 0 aliphatic carbocycles.